The second-order valence-electron chi connectivity index (χ2n) is 8.17. The summed E-state index contributed by atoms with van der Waals surface area (Å²) >= 11 is 0.960. The highest BCUT2D eigenvalue weighted by atomic mass is 32.1. The first-order chi connectivity index (χ1) is 16.7. The Morgan fingerprint density at radius 1 is 1.06 bits per heavy atom. The first-order valence-corrected chi connectivity index (χ1v) is 11.6. The Morgan fingerprint density at radius 3 is 2.34 bits per heavy atom. The monoisotopic (exact) mass is 492 g/mol. The molecule has 0 saturated carbocycles. The molecule has 1 N–H and O–H groups in total. The molecule has 1 aliphatic rings. The molecule has 1 fully saturated rings. The average molecular weight is 493 g/mol. The Balaban J connectivity index is 1.93. The van der Waals surface area contributed by atoms with Crippen molar-refractivity contribution in [1.29, 1.82) is 0 Å². The van der Waals surface area contributed by atoms with E-state index in [4.69, 9.17) is 9.47 Å². The van der Waals surface area contributed by atoms with Gasteiger partial charge in [0.25, 0.3) is 5.78 Å². The fraction of sp³-hybridized carbons (Fsp3) is 0.231. The van der Waals surface area contributed by atoms with Gasteiger partial charge in [-0.3, -0.25) is 14.5 Å². The number of hydrogen-bond donors (Lipinski definition) is 1. The number of benzene rings is 2. The lowest BCUT2D eigenvalue weighted by Gasteiger charge is -2.23. The molecule has 35 heavy (non-hydrogen) atoms. The molecular formula is C26H24N2O6S. The fourth-order valence-electron chi connectivity index (χ4n) is 4.04. The smallest absolute Gasteiger partial charge is 0.350 e. The highest BCUT2D eigenvalue weighted by Gasteiger charge is 2.48. The molecule has 180 valence electrons. The van der Waals surface area contributed by atoms with Gasteiger partial charge in [0, 0.05) is 5.56 Å². The van der Waals surface area contributed by atoms with Gasteiger partial charge in [-0.1, -0.05) is 41.2 Å². The number of esters is 1. The van der Waals surface area contributed by atoms with Crippen LogP contribution in [-0.4, -0.2) is 42.0 Å². The van der Waals surface area contributed by atoms with E-state index in [9.17, 15) is 19.5 Å². The third-order valence-electron chi connectivity index (χ3n) is 5.87. The summed E-state index contributed by atoms with van der Waals surface area (Å²) in [6.07, 6.45) is 0. The first-order valence-electron chi connectivity index (χ1n) is 10.8. The van der Waals surface area contributed by atoms with Gasteiger partial charge in [-0.2, -0.15) is 0 Å². The van der Waals surface area contributed by atoms with Crippen molar-refractivity contribution >= 4 is 39.9 Å². The van der Waals surface area contributed by atoms with Crippen molar-refractivity contribution in [1.82, 2.24) is 4.98 Å². The number of ether oxygens (including phenoxy) is 2. The fourth-order valence-corrected chi connectivity index (χ4v) is 5.05. The molecule has 0 aliphatic carbocycles. The van der Waals surface area contributed by atoms with Crippen LogP contribution in [0, 0.1) is 20.8 Å². The molecule has 1 aliphatic heterocycles. The van der Waals surface area contributed by atoms with Crippen LogP contribution in [0.3, 0.4) is 0 Å². The van der Waals surface area contributed by atoms with Crippen LogP contribution in [0.2, 0.25) is 0 Å². The molecule has 9 heteroatoms. The molecule has 0 bridgehead atoms. The van der Waals surface area contributed by atoms with Crippen molar-refractivity contribution in [2.45, 2.75) is 26.8 Å². The van der Waals surface area contributed by atoms with E-state index in [0.717, 1.165) is 22.5 Å². The lowest BCUT2D eigenvalue weighted by molar-refractivity contribution is -0.132. The van der Waals surface area contributed by atoms with Gasteiger partial charge in [-0.25, -0.2) is 9.78 Å². The van der Waals surface area contributed by atoms with E-state index >= 15 is 0 Å². The number of anilines is 1. The molecule has 2 heterocycles. The van der Waals surface area contributed by atoms with Crippen molar-refractivity contribution < 1.29 is 29.0 Å². The summed E-state index contributed by atoms with van der Waals surface area (Å²) in [6, 6.07) is 11.4. The predicted molar refractivity (Wildman–Crippen MR) is 132 cm³/mol. The average Bonchev–Trinajstić information content (AvgIpc) is 3.35. The summed E-state index contributed by atoms with van der Waals surface area (Å²) in [5.74, 6) is -1.93. The molecule has 3 aromatic rings. The number of hydrogen-bond acceptors (Lipinski definition) is 8. The van der Waals surface area contributed by atoms with Crippen LogP contribution in [0.1, 0.15) is 43.7 Å². The van der Waals surface area contributed by atoms with Crippen LogP contribution >= 0.6 is 11.3 Å². The van der Waals surface area contributed by atoms with E-state index in [2.05, 4.69) is 4.98 Å². The lowest BCUT2D eigenvalue weighted by Crippen LogP contribution is -2.29. The Labute approximate surface area is 206 Å². The van der Waals surface area contributed by atoms with E-state index in [1.165, 1.54) is 12.0 Å². The number of methoxy groups -OCH3 is 2. The number of nitrogens with zero attached hydrogens (tertiary/aromatic N) is 2. The summed E-state index contributed by atoms with van der Waals surface area (Å²) < 4.78 is 10.1. The van der Waals surface area contributed by atoms with Crippen LogP contribution in [0.4, 0.5) is 5.13 Å². The molecule has 2 aromatic carbocycles. The van der Waals surface area contributed by atoms with Crippen LogP contribution < -0.4 is 9.64 Å². The second-order valence-corrected chi connectivity index (χ2v) is 9.14. The minimum atomic E-state index is -0.936. The number of carbonyl (C=O) groups excluding carboxylic acids is 3. The van der Waals surface area contributed by atoms with Gasteiger partial charge in [0.15, 0.2) is 5.13 Å². The number of ketones is 1. The van der Waals surface area contributed by atoms with Crippen LogP contribution in [0.25, 0.3) is 5.76 Å². The number of thiazole rings is 1. The number of Topliss-reactive ketones (excluding diaryl/α,β-unsaturated/α-hetero) is 1. The van der Waals surface area contributed by atoms with E-state index in [0.29, 0.717) is 22.6 Å². The predicted octanol–water partition coefficient (Wildman–Crippen LogP) is 4.49. The second kappa shape index (κ2) is 9.34. The van der Waals surface area contributed by atoms with E-state index in [1.54, 1.807) is 44.4 Å². The number of carbonyl (C=O) groups is 3. The summed E-state index contributed by atoms with van der Waals surface area (Å²) in [5, 5.41) is 11.4. The number of aryl methyl sites for hydroxylation is 3. The maximum absolute atomic E-state index is 13.3. The molecule has 0 spiro atoms. The summed E-state index contributed by atoms with van der Waals surface area (Å²) in [6.45, 7) is 5.37. The number of aromatic nitrogens is 1. The van der Waals surface area contributed by atoms with Gasteiger partial charge in [-0.05, 0) is 50.1 Å². The quantitative estimate of drug-likeness (QED) is 0.242. The Bertz CT molecular complexity index is 1370. The maximum atomic E-state index is 13.3. The third kappa shape index (κ3) is 4.19. The third-order valence-corrected chi connectivity index (χ3v) is 7.00. The minimum absolute atomic E-state index is 0.0594. The van der Waals surface area contributed by atoms with Crippen molar-refractivity contribution in [3.63, 3.8) is 0 Å². The normalized spacial score (nSPS) is 17.1. The largest absolute Gasteiger partial charge is 0.507 e. The molecule has 1 unspecified atom stereocenters. The van der Waals surface area contributed by atoms with Crippen molar-refractivity contribution in [2.24, 2.45) is 0 Å². The summed E-state index contributed by atoms with van der Waals surface area (Å²) in [5.41, 5.74) is 3.08. The standard InChI is InChI=1S/C26H24N2O6S/c1-13-6-8-16(9-7-13)20-19(21(29)17-10-11-18(33-4)14(2)12-17)22(30)24(31)28(20)26-27-15(3)23(35-26)25(32)34-5/h6-12,20,29H,1-5H3/b21-19-. The zero-order chi connectivity index (χ0) is 25.4. The van der Waals surface area contributed by atoms with Gasteiger partial charge >= 0.3 is 11.9 Å². The van der Waals surface area contributed by atoms with E-state index in [-0.39, 0.29) is 21.3 Å². The van der Waals surface area contributed by atoms with Crippen molar-refractivity contribution in [3.8, 4) is 5.75 Å². The van der Waals surface area contributed by atoms with E-state index < -0.39 is 23.7 Å². The molecular weight excluding hydrogens is 468 g/mol. The van der Waals surface area contributed by atoms with Gasteiger partial charge in [-0.15, -0.1) is 0 Å². The minimum Gasteiger partial charge on any atom is -0.507 e. The maximum Gasteiger partial charge on any atom is 0.350 e. The van der Waals surface area contributed by atoms with Crippen LogP contribution in [-0.2, 0) is 14.3 Å². The number of aliphatic hydroxyl groups excluding tert-OH is 1. The van der Waals surface area contributed by atoms with Gasteiger partial charge in [0.2, 0.25) is 0 Å². The Hall–Kier alpha value is -3.98. The molecule has 4 rings (SSSR count). The zero-order valence-electron chi connectivity index (χ0n) is 19.9. The Kier molecular flexibility index (Phi) is 6.45. The highest BCUT2D eigenvalue weighted by Crippen LogP contribution is 2.44. The van der Waals surface area contributed by atoms with Gasteiger partial charge in [0.05, 0.1) is 31.5 Å². The van der Waals surface area contributed by atoms with Crippen molar-refractivity contribution in [3.05, 3.63) is 80.9 Å². The molecule has 1 aromatic heterocycles. The molecule has 8 nitrogen and oxygen atoms in total. The van der Waals surface area contributed by atoms with Crippen LogP contribution in [0.5, 0.6) is 5.75 Å². The molecule has 1 amide bonds. The number of amides is 1. The van der Waals surface area contributed by atoms with Gasteiger partial charge in [0.1, 0.15) is 16.4 Å². The summed E-state index contributed by atoms with van der Waals surface area (Å²) in [7, 11) is 2.81. The highest BCUT2D eigenvalue weighted by molar-refractivity contribution is 7.17. The van der Waals surface area contributed by atoms with Crippen molar-refractivity contribution in [2.75, 3.05) is 19.1 Å². The topological polar surface area (TPSA) is 106 Å². The lowest BCUT2D eigenvalue weighted by atomic mass is 9.94. The van der Waals surface area contributed by atoms with Crippen LogP contribution in [0.15, 0.2) is 48.0 Å². The van der Waals surface area contributed by atoms with E-state index in [1.807, 2.05) is 26.0 Å². The molecule has 1 saturated heterocycles. The number of rotatable bonds is 5. The Morgan fingerprint density at radius 2 is 1.74 bits per heavy atom. The van der Waals surface area contributed by atoms with Gasteiger partial charge < -0.3 is 14.6 Å². The SMILES string of the molecule is COC(=O)c1sc(N2C(=O)C(=O)/C(=C(\O)c3ccc(OC)c(C)c3)C2c2ccc(C)cc2)nc1C. The molecule has 1 atom stereocenters. The number of aliphatic hydroxyl groups is 1. The summed E-state index contributed by atoms with van der Waals surface area (Å²) in [4.78, 5) is 44.6. The molecule has 0 radical (unpaired) electrons. The first kappa shape index (κ1) is 24.2. The zero-order valence-corrected chi connectivity index (χ0v) is 20.7.